The van der Waals surface area contributed by atoms with Gasteiger partial charge in [0.05, 0.1) is 5.56 Å². The van der Waals surface area contributed by atoms with Crippen molar-refractivity contribution in [2.45, 2.75) is 35.8 Å². The van der Waals surface area contributed by atoms with Gasteiger partial charge in [-0.3, -0.25) is 14.4 Å². The summed E-state index contributed by atoms with van der Waals surface area (Å²) in [6, 6.07) is 34.5. The maximum atomic E-state index is 13.9. The highest BCUT2D eigenvalue weighted by Gasteiger charge is 2.27. The van der Waals surface area contributed by atoms with Crippen molar-refractivity contribution in [1.82, 2.24) is 5.32 Å². The molecule has 49 heavy (non-hydrogen) atoms. The predicted octanol–water partition coefficient (Wildman–Crippen LogP) is 9.03. The number of nitrogens with one attached hydrogen (secondary N) is 3. The van der Waals surface area contributed by atoms with E-state index in [-0.39, 0.29) is 11.6 Å². The molecule has 244 valence electrons. The molecule has 1 atom stereocenters. The zero-order valence-electron chi connectivity index (χ0n) is 26.2. The molecule has 1 heterocycles. The Morgan fingerprint density at radius 3 is 2.31 bits per heavy atom. The Labute approximate surface area is 298 Å². The summed E-state index contributed by atoms with van der Waals surface area (Å²) in [6.45, 7) is 0. The number of hydrogen-bond acceptors (Lipinski definition) is 6. The first-order valence-corrected chi connectivity index (χ1v) is 17.8. The first-order valence-electron chi connectivity index (χ1n) is 15.7. The van der Waals surface area contributed by atoms with Crippen molar-refractivity contribution < 1.29 is 14.4 Å². The van der Waals surface area contributed by atoms with Crippen LogP contribution in [0.5, 0.6) is 0 Å². The van der Waals surface area contributed by atoms with Gasteiger partial charge in [-0.2, -0.15) is 5.26 Å². The molecule has 4 aromatic carbocycles. The van der Waals surface area contributed by atoms with Gasteiger partial charge in [0.1, 0.15) is 22.0 Å². The van der Waals surface area contributed by atoms with Crippen molar-refractivity contribution in [1.29, 1.82) is 5.26 Å². The summed E-state index contributed by atoms with van der Waals surface area (Å²) in [5, 5.41) is 19.2. The fourth-order valence-corrected chi connectivity index (χ4v) is 7.95. The number of nitriles is 1. The maximum Gasteiger partial charge on any atom is 0.272 e. The number of benzene rings is 4. The quantitative estimate of drug-likeness (QED) is 0.0994. The Morgan fingerprint density at radius 1 is 0.857 bits per heavy atom. The second-order valence-corrected chi connectivity index (χ2v) is 14.1. The molecule has 1 aliphatic rings. The standard InChI is InChI=1S/C39H31ClN4O3S2/c40-28-20-18-25(19-21-28)22-33(43-36(45)27-12-5-2-6-13-27)37(46)42-29-14-9-15-30(23-29)48-35(26-10-3-1-4-11-26)38(47)44-39-32(24-41)31-16-7-8-17-34(31)49-39/h1-6,9-15,18-23,35H,7-8,16-17H2,(H,42,46)(H,43,45)(H,44,47)/b33-22+. The van der Waals surface area contributed by atoms with Gasteiger partial charge in [-0.25, -0.2) is 0 Å². The molecule has 3 N–H and O–H groups in total. The van der Waals surface area contributed by atoms with Crippen LogP contribution in [0.25, 0.3) is 6.08 Å². The Hall–Kier alpha value is -5.14. The lowest BCUT2D eigenvalue weighted by Crippen LogP contribution is -2.30. The van der Waals surface area contributed by atoms with Crippen LogP contribution in [0.2, 0.25) is 5.02 Å². The number of nitrogens with zero attached hydrogens (tertiary/aromatic N) is 1. The van der Waals surface area contributed by atoms with Gasteiger partial charge in [-0.1, -0.05) is 78.3 Å². The molecular weight excluding hydrogens is 672 g/mol. The molecule has 1 aliphatic carbocycles. The van der Waals surface area contributed by atoms with E-state index in [4.69, 9.17) is 11.6 Å². The molecule has 5 aromatic rings. The van der Waals surface area contributed by atoms with E-state index in [1.54, 1.807) is 72.8 Å². The lowest BCUT2D eigenvalue weighted by atomic mass is 9.96. The number of carbonyl (C=O) groups is 3. The Morgan fingerprint density at radius 2 is 1.57 bits per heavy atom. The maximum absolute atomic E-state index is 13.9. The van der Waals surface area contributed by atoms with Crippen molar-refractivity contribution in [3.8, 4) is 6.07 Å². The molecule has 0 aliphatic heterocycles. The van der Waals surface area contributed by atoms with E-state index in [0.29, 0.717) is 32.4 Å². The Bertz CT molecular complexity index is 2060. The smallest absolute Gasteiger partial charge is 0.272 e. The SMILES string of the molecule is N#Cc1c(NC(=O)C(Sc2cccc(NC(=O)/C(=C\c3ccc(Cl)cc3)NC(=O)c3ccccc3)c2)c2ccccc2)sc2c1CCCC2. The molecule has 0 fully saturated rings. The first-order chi connectivity index (χ1) is 23.9. The molecule has 0 saturated carbocycles. The summed E-state index contributed by atoms with van der Waals surface area (Å²) in [4.78, 5) is 42.5. The van der Waals surface area contributed by atoms with Crippen molar-refractivity contribution in [3.05, 3.63) is 153 Å². The van der Waals surface area contributed by atoms with Gasteiger partial charge in [-0.05, 0) is 90.9 Å². The first kappa shape index (κ1) is 33.7. The zero-order valence-corrected chi connectivity index (χ0v) is 28.6. The highest BCUT2D eigenvalue weighted by Crippen LogP contribution is 2.41. The molecular formula is C39H31ClN4O3S2. The number of fused-ring (bicyclic) bond motifs is 1. The summed E-state index contributed by atoms with van der Waals surface area (Å²) >= 11 is 8.90. The van der Waals surface area contributed by atoms with Gasteiger partial charge in [0, 0.05) is 26.0 Å². The average Bonchev–Trinajstić information content (AvgIpc) is 3.48. The van der Waals surface area contributed by atoms with Crippen LogP contribution in [-0.4, -0.2) is 17.7 Å². The monoisotopic (exact) mass is 702 g/mol. The van der Waals surface area contributed by atoms with Crippen molar-refractivity contribution in [2.75, 3.05) is 10.6 Å². The molecule has 1 unspecified atom stereocenters. The number of aryl methyl sites for hydroxylation is 1. The third-order valence-corrected chi connectivity index (χ3v) is 10.6. The second kappa shape index (κ2) is 15.8. The van der Waals surface area contributed by atoms with Crippen molar-refractivity contribution >= 4 is 69.2 Å². The molecule has 0 spiro atoms. The van der Waals surface area contributed by atoms with Crippen LogP contribution in [0.1, 0.15) is 55.6 Å². The Kier molecular flexibility index (Phi) is 10.9. The molecule has 0 saturated heterocycles. The molecule has 10 heteroatoms. The van der Waals surface area contributed by atoms with E-state index in [1.807, 2.05) is 42.5 Å². The van der Waals surface area contributed by atoms with Crippen molar-refractivity contribution in [2.24, 2.45) is 0 Å². The minimum Gasteiger partial charge on any atom is -0.321 e. The van der Waals surface area contributed by atoms with Crippen molar-refractivity contribution in [3.63, 3.8) is 0 Å². The van der Waals surface area contributed by atoms with E-state index < -0.39 is 17.1 Å². The second-order valence-electron chi connectivity index (χ2n) is 11.3. The largest absolute Gasteiger partial charge is 0.321 e. The third-order valence-electron chi connectivity index (χ3n) is 7.92. The summed E-state index contributed by atoms with van der Waals surface area (Å²) in [5.74, 6) is -1.19. The number of hydrogen-bond donors (Lipinski definition) is 3. The number of thiophene rings is 1. The van der Waals surface area contributed by atoms with Gasteiger partial charge in [0.15, 0.2) is 0 Å². The summed E-state index contributed by atoms with van der Waals surface area (Å²) < 4.78 is 0. The normalized spacial score (nSPS) is 13.0. The number of anilines is 2. The Balaban J connectivity index is 1.23. The third kappa shape index (κ3) is 8.48. The molecule has 0 bridgehead atoms. The van der Waals surface area contributed by atoms with Crippen LogP contribution in [-0.2, 0) is 22.4 Å². The van der Waals surface area contributed by atoms with E-state index in [1.165, 1.54) is 28.0 Å². The topological polar surface area (TPSA) is 111 Å². The molecule has 3 amide bonds. The number of amides is 3. The van der Waals surface area contributed by atoms with Crippen LogP contribution < -0.4 is 16.0 Å². The molecule has 0 radical (unpaired) electrons. The number of thioether (sulfide) groups is 1. The minimum atomic E-state index is -0.636. The van der Waals surface area contributed by atoms with Gasteiger partial charge in [0.25, 0.3) is 11.8 Å². The zero-order chi connectivity index (χ0) is 34.2. The van der Waals surface area contributed by atoms with E-state index in [9.17, 15) is 19.6 Å². The van der Waals surface area contributed by atoms with Crippen LogP contribution in [0.4, 0.5) is 10.7 Å². The van der Waals surface area contributed by atoms with E-state index in [0.717, 1.165) is 41.7 Å². The van der Waals surface area contributed by atoms with Gasteiger partial charge in [0.2, 0.25) is 5.91 Å². The number of carbonyl (C=O) groups excluding carboxylic acids is 3. The average molecular weight is 703 g/mol. The predicted molar refractivity (Wildman–Crippen MR) is 198 cm³/mol. The summed E-state index contributed by atoms with van der Waals surface area (Å²) in [5.41, 5.74) is 4.04. The van der Waals surface area contributed by atoms with Crippen LogP contribution >= 0.6 is 34.7 Å². The minimum absolute atomic E-state index is 0.0442. The molecule has 7 nitrogen and oxygen atoms in total. The van der Waals surface area contributed by atoms with Crippen LogP contribution in [0.3, 0.4) is 0 Å². The molecule has 1 aromatic heterocycles. The summed E-state index contributed by atoms with van der Waals surface area (Å²) in [7, 11) is 0. The lowest BCUT2D eigenvalue weighted by Gasteiger charge is -2.17. The highest BCUT2D eigenvalue weighted by molar-refractivity contribution is 8.00. The lowest BCUT2D eigenvalue weighted by molar-refractivity contribution is -0.116. The van der Waals surface area contributed by atoms with E-state index >= 15 is 0 Å². The highest BCUT2D eigenvalue weighted by atomic mass is 35.5. The summed E-state index contributed by atoms with van der Waals surface area (Å²) in [6.07, 6.45) is 5.48. The molecule has 6 rings (SSSR count). The number of rotatable bonds is 10. The van der Waals surface area contributed by atoms with E-state index in [2.05, 4.69) is 22.0 Å². The van der Waals surface area contributed by atoms with Crippen LogP contribution in [0, 0.1) is 11.3 Å². The van der Waals surface area contributed by atoms with Gasteiger partial charge >= 0.3 is 0 Å². The fraction of sp³-hybridized carbons (Fsp3) is 0.128. The number of halogens is 1. The van der Waals surface area contributed by atoms with Gasteiger partial charge < -0.3 is 16.0 Å². The fourth-order valence-electron chi connectivity index (χ4n) is 5.50. The van der Waals surface area contributed by atoms with Crippen LogP contribution in [0.15, 0.2) is 120 Å². The van der Waals surface area contributed by atoms with Gasteiger partial charge in [-0.15, -0.1) is 23.1 Å².